The third kappa shape index (κ3) is 2.42. The second kappa shape index (κ2) is 5.19. The molecule has 0 spiro atoms. The Morgan fingerprint density at radius 3 is 3.06 bits per heavy atom. The van der Waals surface area contributed by atoms with Crippen LogP contribution in [0.4, 0.5) is 5.69 Å². The van der Waals surface area contributed by atoms with Crippen molar-refractivity contribution in [3.63, 3.8) is 0 Å². The molecule has 0 saturated carbocycles. The van der Waals surface area contributed by atoms with Gasteiger partial charge in [0.2, 0.25) is 5.91 Å². The lowest BCUT2D eigenvalue weighted by Gasteiger charge is -2.17. The van der Waals surface area contributed by atoms with Crippen molar-refractivity contribution in [3.05, 3.63) is 29.8 Å². The van der Waals surface area contributed by atoms with E-state index in [1.165, 1.54) is 0 Å². The highest BCUT2D eigenvalue weighted by Crippen LogP contribution is 2.31. The van der Waals surface area contributed by atoms with Crippen molar-refractivity contribution in [2.45, 2.75) is 25.3 Å². The average molecular weight is 234 g/mol. The van der Waals surface area contributed by atoms with E-state index in [4.69, 9.17) is 5.11 Å². The number of para-hydroxylation sites is 1. The van der Waals surface area contributed by atoms with E-state index >= 15 is 0 Å². The van der Waals surface area contributed by atoms with Gasteiger partial charge in [-0.05, 0) is 18.1 Å². The van der Waals surface area contributed by atoms with Crippen molar-refractivity contribution in [1.82, 2.24) is 5.32 Å². The van der Waals surface area contributed by atoms with Crippen molar-refractivity contribution >= 4 is 11.6 Å². The van der Waals surface area contributed by atoms with Crippen LogP contribution in [0.5, 0.6) is 0 Å². The zero-order chi connectivity index (χ0) is 12.3. The van der Waals surface area contributed by atoms with Crippen LogP contribution in [-0.2, 0) is 4.79 Å². The summed E-state index contributed by atoms with van der Waals surface area (Å²) in [6.07, 6.45) is 0.740. The minimum absolute atomic E-state index is 0.00989. The van der Waals surface area contributed by atoms with Gasteiger partial charge >= 0.3 is 0 Å². The number of nitrogens with one attached hydrogen (secondary N) is 2. The first-order valence-electron chi connectivity index (χ1n) is 6.00. The highest BCUT2D eigenvalue weighted by atomic mass is 16.3. The van der Waals surface area contributed by atoms with Crippen LogP contribution in [0, 0.1) is 0 Å². The molecule has 2 atom stereocenters. The minimum atomic E-state index is -0.146. The van der Waals surface area contributed by atoms with E-state index in [9.17, 15) is 4.79 Å². The first kappa shape index (κ1) is 11.9. The standard InChI is InChI=1S/C13H18N2O2/c1-2-9(8-16)15-13(17)11-7-14-12-6-4-3-5-10(11)12/h3-6,9,11,14,16H,2,7-8H2,1H3,(H,15,17). The fraction of sp³-hybridized carbons (Fsp3) is 0.462. The molecule has 1 aromatic rings. The van der Waals surface area contributed by atoms with Crippen molar-refractivity contribution < 1.29 is 9.90 Å². The number of hydrogen-bond donors (Lipinski definition) is 3. The number of carbonyl (C=O) groups excluding carboxylic acids is 1. The first-order valence-corrected chi connectivity index (χ1v) is 6.00. The predicted octanol–water partition coefficient (Wildman–Crippen LogP) is 1.08. The van der Waals surface area contributed by atoms with Crippen molar-refractivity contribution in [2.75, 3.05) is 18.5 Å². The third-order valence-electron chi connectivity index (χ3n) is 3.21. The van der Waals surface area contributed by atoms with Gasteiger partial charge in [0.15, 0.2) is 0 Å². The van der Waals surface area contributed by atoms with Gasteiger partial charge in [-0.15, -0.1) is 0 Å². The highest BCUT2D eigenvalue weighted by molar-refractivity contribution is 5.88. The molecule has 17 heavy (non-hydrogen) atoms. The Morgan fingerprint density at radius 2 is 2.35 bits per heavy atom. The van der Waals surface area contributed by atoms with Gasteiger partial charge in [-0.1, -0.05) is 25.1 Å². The number of anilines is 1. The van der Waals surface area contributed by atoms with Gasteiger partial charge in [0, 0.05) is 12.2 Å². The van der Waals surface area contributed by atoms with Gasteiger partial charge in [-0.2, -0.15) is 0 Å². The molecule has 1 heterocycles. The summed E-state index contributed by atoms with van der Waals surface area (Å²) in [7, 11) is 0. The minimum Gasteiger partial charge on any atom is -0.394 e. The van der Waals surface area contributed by atoms with Crippen molar-refractivity contribution in [2.24, 2.45) is 0 Å². The number of carbonyl (C=O) groups is 1. The molecule has 4 heteroatoms. The van der Waals surface area contributed by atoms with E-state index in [0.717, 1.165) is 17.7 Å². The fourth-order valence-corrected chi connectivity index (χ4v) is 2.10. The zero-order valence-corrected chi connectivity index (χ0v) is 9.94. The molecule has 0 aromatic heterocycles. The van der Waals surface area contributed by atoms with E-state index < -0.39 is 0 Å². The lowest BCUT2D eigenvalue weighted by molar-refractivity contribution is -0.123. The van der Waals surface area contributed by atoms with Gasteiger partial charge in [0.25, 0.3) is 0 Å². The van der Waals surface area contributed by atoms with Crippen LogP contribution in [0.1, 0.15) is 24.8 Å². The second-order valence-corrected chi connectivity index (χ2v) is 4.32. The van der Waals surface area contributed by atoms with Crippen LogP contribution < -0.4 is 10.6 Å². The van der Waals surface area contributed by atoms with E-state index in [-0.39, 0.29) is 24.5 Å². The molecule has 2 rings (SSSR count). The molecule has 0 radical (unpaired) electrons. The number of fused-ring (bicyclic) bond motifs is 1. The van der Waals surface area contributed by atoms with Gasteiger partial charge in [-0.3, -0.25) is 4.79 Å². The quantitative estimate of drug-likeness (QED) is 0.730. The number of aliphatic hydroxyl groups is 1. The summed E-state index contributed by atoms with van der Waals surface area (Å²) in [6.45, 7) is 2.57. The maximum absolute atomic E-state index is 12.1. The molecule has 92 valence electrons. The van der Waals surface area contributed by atoms with E-state index in [0.29, 0.717) is 6.54 Å². The predicted molar refractivity (Wildman–Crippen MR) is 67.0 cm³/mol. The van der Waals surface area contributed by atoms with Gasteiger partial charge < -0.3 is 15.7 Å². The molecule has 3 N–H and O–H groups in total. The maximum Gasteiger partial charge on any atom is 0.229 e. The van der Waals surface area contributed by atoms with E-state index in [1.807, 2.05) is 31.2 Å². The molecule has 4 nitrogen and oxygen atoms in total. The third-order valence-corrected chi connectivity index (χ3v) is 3.21. The number of benzene rings is 1. The van der Waals surface area contributed by atoms with Crippen LogP contribution in [-0.4, -0.2) is 30.2 Å². The number of hydrogen-bond acceptors (Lipinski definition) is 3. The molecule has 1 amide bonds. The summed E-state index contributed by atoms with van der Waals surface area (Å²) in [6, 6.07) is 7.70. The first-order chi connectivity index (χ1) is 8.26. The SMILES string of the molecule is CCC(CO)NC(=O)C1CNc2ccccc21. The summed E-state index contributed by atoms with van der Waals surface area (Å²) < 4.78 is 0. The van der Waals surface area contributed by atoms with Crippen molar-refractivity contribution in [1.29, 1.82) is 0 Å². The topological polar surface area (TPSA) is 61.4 Å². The molecular weight excluding hydrogens is 216 g/mol. The Labute approximate surface area is 101 Å². The molecular formula is C13H18N2O2. The Hall–Kier alpha value is -1.55. The van der Waals surface area contributed by atoms with Crippen molar-refractivity contribution in [3.8, 4) is 0 Å². The largest absolute Gasteiger partial charge is 0.394 e. The van der Waals surface area contributed by atoms with Gasteiger partial charge in [0.05, 0.1) is 18.6 Å². The van der Waals surface area contributed by atoms with Crippen LogP contribution in [0.15, 0.2) is 24.3 Å². The summed E-state index contributed by atoms with van der Waals surface area (Å²) in [5.74, 6) is -0.157. The summed E-state index contributed by atoms with van der Waals surface area (Å²) in [4.78, 5) is 12.1. The molecule has 2 unspecified atom stereocenters. The lowest BCUT2D eigenvalue weighted by atomic mass is 10.00. The second-order valence-electron chi connectivity index (χ2n) is 4.32. The molecule has 1 aromatic carbocycles. The number of rotatable bonds is 4. The number of aliphatic hydroxyl groups excluding tert-OH is 1. The Morgan fingerprint density at radius 1 is 1.59 bits per heavy atom. The van der Waals surface area contributed by atoms with E-state index in [2.05, 4.69) is 10.6 Å². The smallest absolute Gasteiger partial charge is 0.229 e. The number of amides is 1. The molecule has 1 aliphatic heterocycles. The molecule has 1 aliphatic rings. The van der Waals surface area contributed by atoms with Crippen LogP contribution >= 0.6 is 0 Å². The summed E-state index contributed by atoms with van der Waals surface area (Å²) in [5, 5.41) is 15.2. The monoisotopic (exact) mass is 234 g/mol. The van der Waals surface area contributed by atoms with Gasteiger partial charge in [0.1, 0.15) is 0 Å². The Bertz CT molecular complexity index is 402. The lowest BCUT2D eigenvalue weighted by Crippen LogP contribution is -2.40. The molecule has 0 aliphatic carbocycles. The normalized spacial score (nSPS) is 19.3. The van der Waals surface area contributed by atoms with Crippen LogP contribution in [0.25, 0.3) is 0 Å². The molecule has 0 bridgehead atoms. The molecule has 0 saturated heterocycles. The average Bonchev–Trinajstić information content (AvgIpc) is 2.79. The molecule has 0 fully saturated rings. The fourth-order valence-electron chi connectivity index (χ4n) is 2.10. The van der Waals surface area contributed by atoms with Gasteiger partial charge in [-0.25, -0.2) is 0 Å². The van der Waals surface area contributed by atoms with Crippen LogP contribution in [0.3, 0.4) is 0 Å². The summed E-state index contributed by atoms with van der Waals surface area (Å²) in [5.41, 5.74) is 2.07. The Balaban J connectivity index is 2.07. The van der Waals surface area contributed by atoms with E-state index in [1.54, 1.807) is 0 Å². The van der Waals surface area contributed by atoms with Crippen LogP contribution in [0.2, 0.25) is 0 Å². The highest BCUT2D eigenvalue weighted by Gasteiger charge is 2.28. The maximum atomic E-state index is 12.1. The summed E-state index contributed by atoms with van der Waals surface area (Å²) >= 11 is 0. The zero-order valence-electron chi connectivity index (χ0n) is 9.94. The Kier molecular flexibility index (Phi) is 3.64.